The van der Waals surface area contributed by atoms with Crippen molar-refractivity contribution in [3.05, 3.63) is 107 Å². The van der Waals surface area contributed by atoms with Crippen LogP contribution in [0.15, 0.2) is 79.0 Å². The Labute approximate surface area is 216 Å². The van der Waals surface area contributed by atoms with E-state index in [2.05, 4.69) is 18.0 Å². The second kappa shape index (κ2) is 11.0. The monoisotopic (exact) mass is 497 g/mol. The lowest BCUT2D eigenvalue weighted by Gasteiger charge is -2.28. The molecule has 37 heavy (non-hydrogen) atoms. The summed E-state index contributed by atoms with van der Waals surface area (Å²) in [4.78, 5) is 33.9. The number of benzene rings is 3. The van der Waals surface area contributed by atoms with E-state index in [0.717, 1.165) is 41.3 Å². The van der Waals surface area contributed by atoms with Crippen LogP contribution in [0, 0.1) is 5.82 Å². The summed E-state index contributed by atoms with van der Waals surface area (Å²) in [6.07, 6.45) is 5.41. The Bertz CT molecular complexity index is 1370. The van der Waals surface area contributed by atoms with E-state index < -0.39 is 0 Å². The fraction of sp³-hybridized carbons (Fsp3) is 0.290. The van der Waals surface area contributed by atoms with Gasteiger partial charge in [-0.2, -0.15) is 0 Å². The molecule has 0 unspecified atom stereocenters. The van der Waals surface area contributed by atoms with Crippen molar-refractivity contribution in [3.63, 3.8) is 0 Å². The maximum atomic E-state index is 13.7. The lowest BCUT2D eigenvalue weighted by molar-refractivity contribution is -0.132. The summed E-state index contributed by atoms with van der Waals surface area (Å²) in [5.41, 5.74) is 4.84. The molecule has 5 nitrogen and oxygen atoms in total. The van der Waals surface area contributed by atoms with Crippen LogP contribution in [0.25, 0.3) is 10.9 Å². The number of para-hydroxylation sites is 1. The highest BCUT2D eigenvalue weighted by Crippen LogP contribution is 2.29. The molecular weight excluding hydrogens is 465 g/mol. The number of hydrogen-bond donors (Lipinski definition) is 1. The fourth-order valence-corrected chi connectivity index (χ4v) is 4.74. The molecule has 1 heterocycles. The number of aromatic amines is 1. The summed E-state index contributed by atoms with van der Waals surface area (Å²) >= 11 is 0. The van der Waals surface area contributed by atoms with E-state index in [9.17, 15) is 14.0 Å². The molecule has 3 aromatic carbocycles. The maximum Gasteiger partial charge on any atom is 0.254 e. The number of halogens is 1. The lowest BCUT2D eigenvalue weighted by atomic mass is 10.1. The molecule has 0 atom stereocenters. The summed E-state index contributed by atoms with van der Waals surface area (Å²) in [5, 5.41) is 1.14. The average molecular weight is 498 g/mol. The zero-order valence-electron chi connectivity index (χ0n) is 21.1. The van der Waals surface area contributed by atoms with E-state index in [1.165, 1.54) is 17.7 Å². The summed E-state index contributed by atoms with van der Waals surface area (Å²) in [6.45, 7) is 2.97. The van der Waals surface area contributed by atoms with Crippen LogP contribution in [-0.4, -0.2) is 45.7 Å². The Hall–Kier alpha value is -3.93. The van der Waals surface area contributed by atoms with Crippen molar-refractivity contribution in [3.8, 4) is 0 Å². The predicted molar refractivity (Wildman–Crippen MR) is 144 cm³/mol. The molecular formula is C31H32FN3O2. The zero-order chi connectivity index (χ0) is 25.8. The molecule has 5 rings (SSSR count). The van der Waals surface area contributed by atoms with Gasteiger partial charge in [-0.1, -0.05) is 49.4 Å². The molecule has 1 aromatic heterocycles. The first-order valence-electron chi connectivity index (χ1n) is 13.0. The highest BCUT2D eigenvalue weighted by Gasteiger charge is 2.35. The number of fused-ring (bicyclic) bond motifs is 1. The van der Waals surface area contributed by atoms with Crippen molar-refractivity contribution in [1.29, 1.82) is 0 Å². The topological polar surface area (TPSA) is 56.4 Å². The van der Waals surface area contributed by atoms with Crippen LogP contribution in [-0.2, 0) is 24.2 Å². The van der Waals surface area contributed by atoms with Crippen LogP contribution in [0.1, 0.15) is 46.8 Å². The number of carbonyl (C=O) groups excluding carboxylic acids is 2. The van der Waals surface area contributed by atoms with Crippen molar-refractivity contribution >= 4 is 22.7 Å². The number of rotatable bonds is 10. The van der Waals surface area contributed by atoms with Gasteiger partial charge in [0.05, 0.1) is 0 Å². The van der Waals surface area contributed by atoms with Gasteiger partial charge in [-0.3, -0.25) is 9.59 Å². The van der Waals surface area contributed by atoms with E-state index in [4.69, 9.17) is 0 Å². The Kier molecular flexibility index (Phi) is 7.35. The first kappa shape index (κ1) is 24.8. The first-order valence-corrected chi connectivity index (χ1v) is 13.0. The van der Waals surface area contributed by atoms with Gasteiger partial charge >= 0.3 is 0 Å². The van der Waals surface area contributed by atoms with Gasteiger partial charge < -0.3 is 14.8 Å². The smallest absolute Gasteiger partial charge is 0.254 e. The van der Waals surface area contributed by atoms with Crippen LogP contribution in [0.4, 0.5) is 4.39 Å². The van der Waals surface area contributed by atoms with Crippen LogP contribution in [0.2, 0.25) is 0 Å². The maximum absolute atomic E-state index is 13.7. The molecule has 2 amide bonds. The van der Waals surface area contributed by atoms with Gasteiger partial charge in [0.25, 0.3) is 5.91 Å². The number of carbonyl (C=O) groups is 2. The van der Waals surface area contributed by atoms with E-state index in [0.29, 0.717) is 25.1 Å². The average Bonchev–Trinajstić information content (AvgIpc) is 3.69. The minimum Gasteiger partial charge on any atom is -0.361 e. The fourth-order valence-electron chi connectivity index (χ4n) is 4.74. The summed E-state index contributed by atoms with van der Waals surface area (Å²) in [7, 11) is 0. The van der Waals surface area contributed by atoms with Crippen LogP contribution >= 0.6 is 0 Å². The Morgan fingerprint density at radius 3 is 2.35 bits per heavy atom. The second-order valence-corrected chi connectivity index (χ2v) is 9.77. The van der Waals surface area contributed by atoms with Crippen molar-refractivity contribution in [2.75, 3.05) is 13.1 Å². The second-order valence-electron chi connectivity index (χ2n) is 9.77. The Balaban J connectivity index is 1.34. The normalized spacial score (nSPS) is 13.0. The quantitative estimate of drug-likeness (QED) is 0.304. The van der Waals surface area contributed by atoms with Crippen molar-refractivity contribution in [2.45, 2.75) is 45.2 Å². The van der Waals surface area contributed by atoms with Gasteiger partial charge in [-0.25, -0.2) is 4.39 Å². The predicted octanol–water partition coefficient (Wildman–Crippen LogP) is 5.75. The number of aryl methyl sites for hydroxylation is 1. The van der Waals surface area contributed by atoms with Crippen molar-refractivity contribution < 1.29 is 14.0 Å². The molecule has 0 saturated heterocycles. The SMILES string of the molecule is CCc1ccc(C(=O)N(CC(=O)N(CCc2c[nH]c3ccccc23)Cc2ccc(F)cc2)C2CC2)cc1. The number of amides is 2. The van der Waals surface area contributed by atoms with Crippen LogP contribution < -0.4 is 0 Å². The molecule has 190 valence electrons. The highest BCUT2D eigenvalue weighted by molar-refractivity contribution is 5.97. The van der Waals surface area contributed by atoms with Gasteiger partial charge in [0.15, 0.2) is 0 Å². The van der Waals surface area contributed by atoms with Crippen molar-refractivity contribution in [1.82, 2.24) is 14.8 Å². The minimum absolute atomic E-state index is 0.0358. The van der Waals surface area contributed by atoms with E-state index in [1.54, 1.807) is 21.9 Å². The lowest BCUT2D eigenvalue weighted by Crippen LogP contribution is -2.44. The van der Waals surface area contributed by atoms with Gasteiger partial charge in [0.2, 0.25) is 5.91 Å². The molecule has 6 heteroatoms. The molecule has 0 bridgehead atoms. The number of H-pyrrole nitrogens is 1. The molecule has 0 spiro atoms. The number of hydrogen-bond acceptors (Lipinski definition) is 2. The highest BCUT2D eigenvalue weighted by atomic mass is 19.1. The molecule has 1 N–H and O–H groups in total. The van der Waals surface area contributed by atoms with Crippen LogP contribution in [0.3, 0.4) is 0 Å². The standard InChI is InChI=1S/C31H32FN3O2/c1-2-22-7-11-24(12-8-22)31(37)35(27-15-16-27)21-30(36)34(20-23-9-13-26(32)14-10-23)18-17-25-19-33-29-6-4-3-5-28(25)29/h3-14,19,27,33H,2,15-18,20-21H2,1H3. The molecule has 1 aliphatic rings. The van der Waals surface area contributed by atoms with Gasteiger partial charge in [-0.05, 0) is 72.7 Å². The third-order valence-corrected chi connectivity index (χ3v) is 7.13. The summed E-state index contributed by atoms with van der Waals surface area (Å²) in [5.74, 6) is -0.508. The Morgan fingerprint density at radius 2 is 1.65 bits per heavy atom. The van der Waals surface area contributed by atoms with Gasteiger partial charge in [-0.15, -0.1) is 0 Å². The minimum atomic E-state index is -0.306. The molecule has 4 aromatic rings. The third kappa shape index (κ3) is 5.91. The molecule has 0 aliphatic heterocycles. The third-order valence-electron chi connectivity index (χ3n) is 7.13. The van der Waals surface area contributed by atoms with Crippen molar-refractivity contribution in [2.24, 2.45) is 0 Å². The van der Waals surface area contributed by atoms with E-state index in [1.807, 2.05) is 48.7 Å². The van der Waals surface area contributed by atoms with E-state index >= 15 is 0 Å². The Morgan fingerprint density at radius 1 is 0.946 bits per heavy atom. The number of aromatic nitrogens is 1. The summed E-state index contributed by atoms with van der Waals surface area (Å²) < 4.78 is 13.5. The first-order chi connectivity index (χ1) is 18.0. The molecule has 1 fully saturated rings. The van der Waals surface area contributed by atoms with Gasteiger partial charge in [0.1, 0.15) is 12.4 Å². The zero-order valence-corrected chi connectivity index (χ0v) is 21.1. The number of nitrogens with one attached hydrogen (secondary N) is 1. The summed E-state index contributed by atoms with van der Waals surface area (Å²) in [6, 6.07) is 22.1. The van der Waals surface area contributed by atoms with Crippen LogP contribution in [0.5, 0.6) is 0 Å². The molecule has 0 radical (unpaired) electrons. The van der Waals surface area contributed by atoms with E-state index in [-0.39, 0.29) is 30.2 Å². The molecule has 1 aliphatic carbocycles. The van der Waals surface area contributed by atoms with Gasteiger partial charge in [0, 0.05) is 41.8 Å². The largest absolute Gasteiger partial charge is 0.361 e. The molecule has 1 saturated carbocycles. The number of nitrogens with zero attached hydrogens (tertiary/aromatic N) is 2.